The van der Waals surface area contributed by atoms with Crippen molar-refractivity contribution in [2.75, 3.05) is 13.8 Å². The topological polar surface area (TPSA) is 70.7 Å². The third-order valence-electron chi connectivity index (χ3n) is 4.58. The third kappa shape index (κ3) is 4.18. The molecule has 3 aromatic heterocycles. The molecule has 31 heavy (non-hydrogen) atoms. The Balaban J connectivity index is 1.72. The zero-order chi connectivity index (χ0) is 22.2. The zero-order valence-electron chi connectivity index (χ0n) is 16.1. The van der Waals surface area contributed by atoms with Crippen molar-refractivity contribution in [3.05, 3.63) is 53.3 Å². The number of alkyl halides is 4. The third-order valence-corrected chi connectivity index (χ3v) is 4.76. The lowest BCUT2D eigenvalue weighted by atomic mass is 10.1. The number of halogens is 5. The van der Waals surface area contributed by atoms with Gasteiger partial charge in [-0.1, -0.05) is 6.07 Å². The number of hydrogen-bond donors (Lipinski definition) is 0. The van der Waals surface area contributed by atoms with Crippen LogP contribution >= 0.6 is 11.6 Å². The van der Waals surface area contributed by atoms with Gasteiger partial charge in [-0.05, 0) is 29.3 Å². The molecule has 162 valence electrons. The summed E-state index contributed by atoms with van der Waals surface area (Å²) in [5.41, 5.74) is 0.504. The number of imidazole rings is 1. The van der Waals surface area contributed by atoms with Gasteiger partial charge in [0.05, 0.1) is 37.3 Å². The Morgan fingerprint density at radius 1 is 1.16 bits per heavy atom. The van der Waals surface area contributed by atoms with Crippen LogP contribution in [0.2, 0.25) is 5.28 Å². The summed E-state index contributed by atoms with van der Waals surface area (Å²) >= 11 is 5.86. The maximum Gasteiger partial charge on any atom is 0.434 e. The Morgan fingerprint density at radius 2 is 1.97 bits per heavy atom. The number of nitrogens with zero attached hydrogens (tertiary/aromatic N) is 6. The van der Waals surface area contributed by atoms with Crippen LogP contribution in [0.3, 0.4) is 0 Å². The van der Waals surface area contributed by atoms with Crippen molar-refractivity contribution >= 4 is 22.6 Å². The SMILES string of the molecule is COc1cc(Cn2ncc3cnc(Cl)nc32)ccc1-c1nc(C(F)(F)F)cn1CCF. The number of rotatable bonds is 6. The van der Waals surface area contributed by atoms with Gasteiger partial charge in [0.25, 0.3) is 0 Å². The van der Waals surface area contributed by atoms with E-state index >= 15 is 0 Å². The fraction of sp³-hybridized carbons (Fsp3) is 0.263. The Kier molecular flexibility index (Phi) is 5.52. The van der Waals surface area contributed by atoms with Crippen LogP contribution in [-0.4, -0.2) is 43.1 Å². The molecule has 0 fully saturated rings. The second-order valence-electron chi connectivity index (χ2n) is 6.58. The summed E-state index contributed by atoms with van der Waals surface area (Å²) < 4.78 is 60.4. The van der Waals surface area contributed by atoms with E-state index in [4.69, 9.17) is 16.3 Å². The van der Waals surface area contributed by atoms with Crippen molar-refractivity contribution < 1.29 is 22.3 Å². The summed E-state index contributed by atoms with van der Waals surface area (Å²) in [5.74, 6) is 0.262. The molecule has 0 aliphatic heterocycles. The van der Waals surface area contributed by atoms with Crippen LogP contribution in [0.15, 0.2) is 36.8 Å². The summed E-state index contributed by atoms with van der Waals surface area (Å²) in [6.07, 6.45) is -0.695. The molecule has 0 saturated carbocycles. The van der Waals surface area contributed by atoms with Crippen molar-refractivity contribution in [2.24, 2.45) is 0 Å². The molecule has 0 spiro atoms. The largest absolute Gasteiger partial charge is 0.496 e. The van der Waals surface area contributed by atoms with Gasteiger partial charge < -0.3 is 9.30 Å². The first-order valence-corrected chi connectivity index (χ1v) is 9.39. The molecular weight excluding hydrogens is 440 g/mol. The molecule has 7 nitrogen and oxygen atoms in total. The lowest BCUT2D eigenvalue weighted by Gasteiger charge is -2.12. The minimum absolute atomic E-state index is 0.0302. The predicted molar refractivity (Wildman–Crippen MR) is 105 cm³/mol. The van der Waals surface area contributed by atoms with Crippen LogP contribution in [0.1, 0.15) is 11.3 Å². The molecule has 0 aliphatic carbocycles. The summed E-state index contributed by atoms with van der Waals surface area (Å²) in [7, 11) is 1.39. The van der Waals surface area contributed by atoms with Gasteiger partial charge in [0.15, 0.2) is 11.3 Å². The zero-order valence-corrected chi connectivity index (χ0v) is 16.8. The quantitative estimate of drug-likeness (QED) is 0.319. The van der Waals surface area contributed by atoms with Gasteiger partial charge in [0.1, 0.15) is 18.2 Å². The first kappa shape index (κ1) is 21.0. The molecule has 0 radical (unpaired) electrons. The molecule has 0 bridgehead atoms. The maximum absolute atomic E-state index is 13.1. The highest BCUT2D eigenvalue weighted by Gasteiger charge is 2.35. The Labute approximate surface area is 178 Å². The number of methoxy groups -OCH3 is 1. The molecule has 4 rings (SSSR count). The lowest BCUT2D eigenvalue weighted by molar-refractivity contribution is -0.140. The number of ether oxygens (including phenoxy) is 1. The predicted octanol–water partition coefficient (Wildman–Crippen LogP) is 4.39. The van der Waals surface area contributed by atoms with Gasteiger partial charge in [-0.2, -0.15) is 23.3 Å². The summed E-state index contributed by atoms with van der Waals surface area (Å²) in [4.78, 5) is 11.8. The number of hydrogen-bond acceptors (Lipinski definition) is 5. The molecule has 1 aromatic carbocycles. The van der Waals surface area contributed by atoms with E-state index in [0.717, 1.165) is 16.3 Å². The van der Waals surface area contributed by atoms with E-state index in [1.54, 1.807) is 35.3 Å². The van der Waals surface area contributed by atoms with Gasteiger partial charge in [-0.25, -0.2) is 19.0 Å². The Bertz CT molecular complexity index is 1240. The van der Waals surface area contributed by atoms with E-state index in [1.807, 2.05) is 0 Å². The Morgan fingerprint density at radius 3 is 2.68 bits per heavy atom. The normalized spacial score (nSPS) is 11.9. The van der Waals surface area contributed by atoms with E-state index in [1.165, 1.54) is 7.11 Å². The van der Waals surface area contributed by atoms with E-state index in [0.29, 0.717) is 28.9 Å². The van der Waals surface area contributed by atoms with Crippen LogP contribution in [0.5, 0.6) is 5.75 Å². The molecule has 0 aliphatic rings. The number of fused-ring (bicyclic) bond motifs is 1. The molecule has 0 amide bonds. The highest BCUT2D eigenvalue weighted by atomic mass is 35.5. The average Bonchev–Trinajstić information content (AvgIpc) is 3.32. The minimum atomic E-state index is -4.65. The Hall–Kier alpha value is -3.21. The van der Waals surface area contributed by atoms with Gasteiger partial charge in [-0.15, -0.1) is 0 Å². The molecule has 0 unspecified atom stereocenters. The van der Waals surface area contributed by atoms with Gasteiger partial charge in [0, 0.05) is 12.4 Å². The number of benzene rings is 1. The molecule has 3 heterocycles. The number of aryl methyl sites for hydroxylation is 1. The van der Waals surface area contributed by atoms with Gasteiger partial charge in [-0.3, -0.25) is 0 Å². The fourth-order valence-electron chi connectivity index (χ4n) is 3.18. The van der Waals surface area contributed by atoms with Crippen LogP contribution in [0.25, 0.3) is 22.4 Å². The van der Waals surface area contributed by atoms with Crippen molar-refractivity contribution in [2.45, 2.75) is 19.3 Å². The minimum Gasteiger partial charge on any atom is -0.496 e. The van der Waals surface area contributed by atoms with Crippen LogP contribution in [0.4, 0.5) is 17.6 Å². The monoisotopic (exact) mass is 454 g/mol. The highest BCUT2D eigenvalue weighted by molar-refractivity contribution is 6.28. The van der Waals surface area contributed by atoms with Gasteiger partial charge in [0.2, 0.25) is 5.28 Å². The molecule has 4 aromatic rings. The second-order valence-corrected chi connectivity index (χ2v) is 6.92. The summed E-state index contributed by atoms with van der Waals surface area (Å²) in [6.45, 7) is -0.791. The van der Waals surface area contributed by atoms with E-state index in [-0.39, 0.29) is 17.7 Å². The van der Waals surface area contributed by atoms with Crippen LogP contribution in [-0.2, 0) is 19.3 Å². The molecule has 0 atom stereocenters. The maximum atomic E-state index is 13.1. The van der Waals surface area contributed by atoms with Crippen molar-refractivity contribution in [3.63, 3.8) is 0 Å². The fourth-order valence-corrected chi connectivity index (χ4v) is 3.31. The van der Waals surface area contributed by atoms with Crippen molar-refractivity contribution in [1.82, 2.24) is 29.3 Å². The number of aromatic nitrogens is 6. The summed E-state index contributed by atoms with van der Waals surface area (Å²) in [6, 6.07) is 4.95. The lowest BCUT2D eigenvalue weighted by Crippen LogP contribution is -2.05. The van der Waals surface area contributed by atoms with Crippen molar-refractivity contribution in [3.8, 4) is 17.1 Å². The highest BCUT2D eigenvalue weighted by Crippen LogP contribution is 2.35. The molecule has 12 heteroatoms. The molecule has 0 saturated heterocycles. The summed E-state index contributed by atoms with van der Waals surface area (Å²) in [5, 5.41) is 5.06. The second kappa shape index (κ2) is 8.14. The van der Waals surface area contributed by atoms with E-state index in [9.17, 15) is 17.6 Å². The average molecular weight is 455 g/mol. The van der Waals surface area contributed by atoms with Crippen molar-refractivity contribution in [1.29, 1.82) is 0 Å². The van der Waals surface area contributed by atoms with Crippen LogP contribution < -0.4 is 4.74 Å². The van der Waals surface area contributed by atoms with E-state index < -0.39 is 18.5 Å². The first-order valence-electron chi connectivity index (χ1n) is 9.02. The smallest absolute Gasteiger partial charge is 0.434 e. The molecule has 0 N–H and O–H groups in total. The van der Waals surface area contributed by atoms with Crippen LogP contribution in [0, 0.1) is 0 Å². The van der Waals surface area contributed by atoms with E-state index in [2.05, 4.69) is 20.1 Å². The first-order chi connectivity index (χ1) is 14.8. The standard InChI is InChI=1S/C19H15ClF4N6O/c1-31-14-6-11(9-30-16-12(8-26-30)7-25-18(20)28-16)2-3-13(14)17-27-15(19(22,23)24)10-29(17)5-4-21/h2-3,6-8,10H,4-5,9H2,1H3. The van der Waals surface area contributed by atoms with Gasteiger partial charge >= 0.3 is 6.18 Å². The molecular formula is C19H15ClF4N6O.